The minimum absolute atomic E-state index is 0.0726. The maximum Gasteiger partial charge on any atom is 0.410 e. The minimum Gasteiger partial charge on any atom is -0.488 e. The van der Waals surface area contributed by atoms with Gasteiger partial charge in [0.25, 0.3) is 5.69 Å². The zero-order chi connectivity index (χ0) is 17.9. The highest BCUT2D eigenvalue weighted by Gasteiger charge is 2.32. The number of benzene rings is 1. The Morgan fingerprint density at radius 2 is 2.17 bits per heavy atom. The molecule has 1 aromatic rings. The molecule has 0 saturated carbocycles. The molecular formula is C16H21FN2O5. The van der Waals surface area contributed by atoms with Crippen LogP contribution in [-0.2, 0) is 4.74 Å². The highest BCUT2D eigenvalue weighted by Crippen LogP contribution is 2.25. The molecule has 1 aromatic carbocycles. The number of rotatable bonds is 4. The Kier molecular flexibility index (Phi) is 5.26. The molecule has 1 fully saturated rings. The third-order valence-corrected chi connectivity index (χ3v) is 3.56. The van der Waals surface area contributed by atoms with Crippen molar-refractivity contribution >= 4 is 11.8 Å². The molecular weight excluding hydrogens is 319 g/mol. The summed E-state index contributed by atoms with van der Waals surface area (Å²) in [5.41, 5.74) is -0.925. The van der Waals surface area contributed by atoms with Crippen molar-refractivity contribution in [3.8, 4) is 5.75 Å². The molecule has 1 heterocycles. The van der Waals surface area contributed by atoms with Gasteiger partial charge in [-0.2, -0.15) is 0 Å². The van der Waals surface area contributed by atoms with Crippen LogP contribution in [-0.4, -0.2) is 40.7 Å². The molecule has 0 N–H and O–H groups in total. The lowest BCUT2D eigenvalue weighted by molar-refractivity contribution is -0.385. The highest BCUT2D eigenvalue weighted by molar-refractivity contribution is 5.69. The Morgan fingerprint density at radius 1 is 1.46 bits per heavy atom. The number of hydrogen-bond acceptors (Lipinski definition) is 5. The maximum atomic E-state index is 13.8. The first-order valence-corrected chi connectivity index (χ1v) is 7.74. The lowest BCUT2D eigenvalue weighted by Crippen LogP contribution is -2.42. The van der Waals surface area contributed by atoms with Crippen molar-refractivity contribution in [1.29, 1.82) is 0 Å². The Morgan fingerprint density at radius 3 is 2.75 bits per heavy atom. The molecule has 24 heavy (non-hydrogen) atoms. The van der Waals surface area contributed by atoms with Gasteiger partial charge in [0.2, 0.25) is 0 Å². The summed E-state index contributed by atoms with van der Waals surface area (Å²) in [6, 6.07) is 3.00. The first kappa shape index (κ1) is 18.0. The fraction of sp³-hybridized carbons (Fsp3) is 0.562. The van der Waals surface area contributed by atoms with E-state index in [0.29, 0.717) is 6.54 Å². The highest BCUT2D eigenvalue weighted by atomic mass is 19.1. The van der Waals surface area contributed by atoms with Gasteiger partial charge in [-0.15, -0.1) is 0 Å². The summed E-state index contributed by atoms with van der Waals surface area (Å²) in [7, 11) is 0. The molecule has 1 saturated heterocycles. The third-order valence-electron chi connectivity index (χ3n) is 3.56. The van der Waals surface area contributed by atoms with Gasteiger partial charge in [-0.25, -0.2) is 9.18 Å². The fourth-order valence-electron chi connectivity index (χ4n) is 2.48. The number of nitro groups is 1. The molecule has 0 aromatic heterocycles. The summed E-state index contributed by atoms with van der Waals surface area (Å²) < 4.78 is 24.6. The van der Waals surface area contributed by atoms with E-state index >= 15 is 0 Å². The van der Waals surface area contributed by atoms with Gasteiger partial charge in [0.15, 0.2) is 11.6 Å². The van der Waals surface area contributed by atoms with E-state index < -0.39 is 22.4 Å². The van der Waals surface area contributed by atoms with Gasteiger partial charge >= 0.3 is 6.09 Å². The van der Waals surface area contributed by atoms with Gasteiger partial charge in [-0.1, -0.05) is 0 Å². The van der Waals surface area contributed by atoms with E-state index in [0.717, 1.165) is 18.9 Å². The van der Waals surface area contributed by atoms with Crippen molar-refractivity contribution < 1.29 is 23.6 Å². The molecule has 1 aliphatic heterocycles. The van der Waals surface area contributed by atoms with Crippen LogP contribution < -0.4 is 4.74 Å². The third kappa shape index (κ3) is 4.56. The van der Waals surface area contributed by atoms with Gasteiger partial charge in [0, 0.05) is 12.6 Å². The van der Waals surface area contributed by atoms with E-state index in [1.165, 1.54) is 12.1 Å². The normalized spacial score (nSPS) is 17.7. The molecule has 0 aliphatic carbocycles. The van der Waals surface area contributed by atoms with E-state index in [2.05, 4.69) is 0 Å². The second kappa shape index (κ2) is 7.02. The van der Waals surface area contributed by atoms with Crippen molar-refractivity contribution in [2.45, 2.75) is 45.3 Å². The molecule has 1 atom stereocenters. The summed E-state index contributed by atoms with van der Waals surface area (Å²) in [6.45, 7) is 6.04. The fourth-order valence-corrected chi connectivity index (χ4v) is 2.48. The van der Waals surface area contributed by atoms with Crippen LogP contribution in [0.4, 0.5) is 14.9 Å². The Balaban J connectivity index is 1.98. The van der Waals surface area contributed by atoms with Crippen LogP contribution in [0.25, 0.3) is 0 Å². The van der Waals surface area contributed by atoms with Crippen LogP contribution in [0.2, 0.25) is 0 Å². The van der Waals surface area contributed by atoms with Crippen LogP contribution >= 0.6 is 0 Å². The van der Waals surface area contributed by atoms with Crippen LogP contribution in [0.1, 0.15) is 33.6 Å². The maximum absolute atomic E-state index is 13.8. The first-order chi connectivity index (χ1) is 11.2. The van der Waals surface area contributed by atoms with Crippen molar-refractivity contribution in [2.75, 3.05) is 13.2 Å². The summed E-state index contributed by atoms with van der Waals surface area (Å²) in [5.74, 6) is -0.873. The molecule has 0 unspecified atom stereocenters. The number of nitro benzene ring substituents is 1. The van der Waals surface area contributed by atoms with E-state index in [1.54, 1.807) is 25.7 Å². The number of carbonyl (C=O) groups is 1. The topological polar surface area (TPSA) is 81.9 Å². The number of likely N-dealkylation sites (tertiary alicyclic amines) is 1. The second-order valence-corrected chi connectivity index (χ2v) is 6.65. The van der Waals surface area contributed by atoms with Crippen LogP contribution in [0.15, 0.2) is 18.2 Å². The average Bonchev–Trinajstić information content (AvgIpc) is 2.92. The molecule has 7 nitrogen and oxygen atoms in total. The van der Waals surface area contributed by atoms with E-state index in [9.17, 15) is 19.3 Å². The number of amides is 1. The van der Waals surface area contributed by atoms with Gasteiger partial charge in [-0.3, -0.25) is 10.1 Å². The van der Waals surface area contributed by atoms with Gasteiger partial charge in [-0.05, 0) is 39.7 Å². The number of nitrogens with zero attached hydrogens (tertiary/aromatic N) is 2. The van der Waals surface area contributed by atoms with Crippen LogP contribution in [0.3, 0.4) is 0 Å². The van der Waals surface area contributed by atoms with Crippen LogP contribution in [0, 0.1) is 15.9 Å². The summed E-state index contributed by atoms with van der Waals surface area (Å²) >= 11 is 0. The number of non-ortho nitro benzene ring substituents is 1. The molecule has 0 radical (unpaired) electrons. The van der Waals surface area contributed by atoms with E-state index in [1.807, 2.05) is 0 Å². The number of halogens is 1. The van der Waals surface area contributed by atoms with Crippen molar-refractivity contribution in [3.63, 3.8) is 0 Å². The quantitative estimate of drug-likeness (QED) is 0.619. The zero-order valence-electron chi connectivity index (χ0n) is 14.0. The largest absolute Gasteiger partial charge is 0.488 e. The SMILES string of the molecule is CC(C)(C)OC(=O)N1CCC[C@H]1COc1ccc([N+](=O)[O-])cc1F. The van der Waals surface area contributed by atoms with Crippen molar-refractivity contribution in [2.24, 2.45) is 0 Å². The standard InChI is InChI=1S/C16H21FN2O5/c1-16(2,3)24-15(20)18-8-4-5-12(18)10-23-14-7-6-11(19(21)22)9-13(14)17/h6-7,9,12H,4-5,8,10H2,1-3H3/t12-/m0/s1. The van der Waals surface area contributed by atoms with Crippen molar-refractivity contribution in [3.05, 3.63) is 34.1 Å². The van der Waals surface area contributed by atoms with E-state index in [-0.39, 0.29) is 24.1 Å². The zero-order valence-corrected chi connectivity index (χ0v) is 14.0. The number of ether oxygens (including phenoxy) is 2. The average molecular weight is 340 g/mol. The molecule has 1 aliphatic rings. The summed E-state index contributed by atoms with van der Waals surface area (Å²) in [5, 5.41) is 10.6. The Hall–Kier alpha value is -2.38. The molecule has 0 bridgehead atoms. The number of carbonyl (C=O) groups excluding carboxylic acids is 1. The number of hydrogen-bond donors (Lipinski definition) is 0. The predicted molar refractivity (Wildman–Crippen MR) is 84.5 cm³/mol. The second-order valence-electron chi connectivity index (χ2n) is 6.65. The molecule has 132 valence electrons. The van der Waals surface area contributed by atoms with Gasteiger partial charge in [0.05, 0.1) is 17.0 Å². The lowest BCUT2D eigenvalue weighted by atomic mass is 10.2. The monoisotopic (exact) mass is 340 g/mol. The molecule has 1 amide bonds. The molecule has 2 rings (SSSR count). The predicted octanol–water partition coefficient (Wildman–Crippen LogP) is 3.51. The van der Waals surface area contributed by atoms with Gasteiger partial charge in [0.1, 0.15) is 12.2 Å². The minimum atomic E-state index is -0.800. The first-order valence-electron chi connectivity index (χ1n) is 7.74. The van der Waals surface area contributed by atoms with Crippen LogP contribution in [0.5, 0.6) is 5.75 Å². The lowest BCUT2D eigenvalue weighted by Gasteiger charge is -2.28. The molecule has 8 heteroatoms. The van der Waals surface area contributed by atoms with Gasteiger partial charge < -0.3 is 14.4 Å². The van der Waals surface area contributed by atoms with Crippen molar-refractivity contribution in [1.82, 2.24) is 4.90 Å². The summed E-state index contributed by atoms with van der Waals surface area (Å²) in [6.07, 6.45) is 1.13. The Bertz CT molecular complexity index is 629. The smallest absolute Gasteiger partial charge is 0.410 e. The molecule has 0 spiro atoms. The Labute approximate surface area is 139 Å². The van der Waals surface area contributed by atoms with E-state index in [4.69, 9.17) is 9.47 Å². The summed E-state index contributed by atoms with van der Waals surface area (Å²) in [4.78, 5) is 23.7.